The van der Waals surface area contributed by atoms with Crippen LogP contribution in [0.25, 0.3) is 0 Å². The number of carbonyl (C=O) groups excluding carboxylic acids is 1. The quantitative estimate of drug-likeness (QED) is 0.774. The fourth-order valence-electron chi connectivity index (χ4n) is 3.58. The molecule has 1 aromatic rings. The van der Waals surface area contributed by atoms with E-state index >= 15 is 0 Å². The molecule has 19 heavy (non-hydrogen) atoms. The Morgan fingerprint density at radius 2 is 1.95 bits per heavy atom. The Morgan fingerprint density at radius 3 is 2.58 bits per heavy atom. The first-order valence-electron chi connectivity index (χ1n) is 7.00. The van der Waals surface area contributed by atoms with Gasteiger partial charge in [0.05, 0.1) is 11.3 Å². The zero-order chi connectivity index (χ0) is 13.4. The Kier molecular flexibility index (Phi) is 3.02. The summed E-state index contributed by atoms with van der Waals surface area (Å²) in [5.74, 6) is 0.386. The normalized spacial score (nSPS) is 26.1. The van der Waals surface area contributed by atoms with E-state index < -0.39 is 0 Å². The molecule has 2 aliphatic heterocycles. The van der Waals surface area contributed by atoms with Gasteiger partial charge in [0.2, 0.25) is 0 Å². The van der Waals surface area contributed by atoms with Gasteiger partial charge in [-0.3, -0.25) is 4.79 Å². The summed E-state index contributed by atoms with van der Waals surface area (Å²) in [7, 11) is 0. The molecule has 0 saturated carbocycles. The van der Waals surface area contributed by atoms with Crippen molar-refractivity contribution >= 4 is 11.5 Å². The lowest BCUT2D eigenvalue weighted by Gasteiger charge is -2.47. The van der Waals surface area contributed by atoms with Gasteiger partial charge >= 0.3 is 0 Å². The number of anilines is 1. The van der Waals surface area contributed by atoms with Gasteiger partial charge in [-0.05, 0) is 37.8 Å². The molecule has 0 amide bonds. The minimum Gasteiger partial charge on any atom is -0.364 e. The van der Waals surface area contributed by atoms with E-state index in [0.717, 1.165) is 29.7 Å². The molecule has 0 aliphatic carbocycles. The molecule has 0 spiro atoms. The van der Waals surface area contributed by atoms with Gasteiger partial charge < -0.3 is 4.90 Å². The molecule has 2 saturated heterocycles. The summed E-state index contributed by atoms with van der Waals surface area (Å²) >= 11 is 0. The van der Waals surface area contributed by atoms with Crippen LogP contribution in [0.1, 0.15) is 43.2 Å². The van der Waals surface area contributed by atoms with Crippen molar-refractivity contribution in [2.24, 2.45) is 0 Å². The van der Waals surface area contributed by atoms with E-state index in [1.807, 2.05) is 25.1 Å². The highest BCUT2D eigenvalue weighted by Crippen LogP contribution is 2.38. The van der Waals surface area contributed by atoms with Gasteiger partial charge in [-0.25, -0.2) is 0 Å². The zero-order valence-corrected chi connectivity index (χ0v) is 11.2. The second-order valence-electron chi connectivity index (χ2n) is 5.67. The van der Waals surface area contributed by atoms with Gasteiger partial charge in [0.1, 0.15) is 11.9 Å². The average Bonchev–Trinajstić information content (AvgIpc) is 2.37. The third kappa shape index (κ3) is 2.02. The van der Waals surface area contributed by atoms with Crippen molar-refractivity contribution in [2.45, 2.75) is 51.1 Å². The third-order valence-corrected chi connectivity index (χ3v) is 4.43. The highest BCUT2D eigenvalue weighted by molar-refractivity contribution is 5.83. The van der Waals surface area contributed by atoms with Gasteiger partial charge in [0, 0.05) is 24.9 Å². The Labute approximate surface area is 113 Å². The minimum atomic E-state index is 0.300. The number of rotatable bonds is 1. The lowest BCUT2D eigenvalue weighted by Crippen LogP contribution is -2.52. The minimum absolute atomic E-state index is 0.300. The van der Waals surface area contributed by atoms with Crippen molar-refractivity contribution < 1.29 is 4.79 Å². The number of hydrogen-bond donors (Lipinski definition) is 0. The number of nitrogens with zero attached hydrogens (tertiary/aromatic N) is 2. The van der Waals surface area contributed by atoms with Crippen molar-refractivity contribution in [1.82, 2.24) is 0 Å². The van der Waals surface area contributed by atoms with Crippen LogP contribution >= 0.6 is 0 Å². The Balaban J connectivity index is 2.05. The molecule has 1 aromatic carbocycles. The summed E-state index contributed by atoms with van der Waals surface area (Å²) in [6.07, 6.45) is 4.64. The summed E-state index contributed by atoms with van der Waals surface area (Å²) in [4.78, 5) is 14.1. The van der Waals surface area contributed by atoms with Crippen LogP contribution in [0.15, 0.2) is 18.2 Å². The van der Waals surface area contributed by atoms with E-state index in [-0.39, 0.29) is 0 Å². The van der Waals surface area contributed by atoms with Crippen molar-refractivity contribution in [3.05, 3.63) is 29.3 Å². The summed E-state index contributed by atoms with van der Waals surface area (Å²) in [5, 5.41) is 9.40. The molecule has 3 rings (SSSR count). The Hall–Kier alpha value is -1.82. The molecule has 98 valence electrons. The fourth-order valence-corrected chi connectivity index (χ4v) is 3.58. The lowest BCUT2D eigenvalue weighted by molar-refractivity contribution is -0.121. The Bertz CT molecular complexity index is 542. The first-order valence-corrected chi connectivity index (χ1v) is 7.00. The maximum absolute atomic E-state index is 11.8. The van der Waals surface area contributed by atoms with Gasteiger partial charge in [0.15, 0.2) is 0 Å². The first-order chi connectivity index (χ1) is 9.20. The number of benzene rings is 1. The molecule has 0 radical (unpaired) electrons. The van der Waals surface area contributed by atoms with Crippen molar-refractivity contribution in [1.29, 1.82) is 5.26 Å². The molecular weight excluding hydrogens is 236 g/mol. The summed E-state index contributed by atoms with van der Waals surface area (Å²) in [6, 6.07) is 8.96. The number of piperidine rings is 2. The number of fused-ring (bicyclic) bond motifs is 2. The molecule has 2 bridgehead atoms. The molecule has 0 N–H and O–H groups in total. The zero-order valence-electron chi connectivity index (χ0n) is 11.2. The molecule has 2 fully saturated rings. The predicted molar refractivity (Wildman–Crippen MR) is 74.0 cm³/mol. The predicted octanol–water partition coefficient (Wildman–Crippen LogP) is 2.96. The van der Waals surface area contributed by atoms with E-state index in [2.05, 4.69) is 11.0 Å². The van der Waals surface area contributed by atoms with Crippen LogP contribution in [-0.4, -0.2) is 17.9 Å². The van der Waals surface area contributed by atoms with E-state index in [4.69, 9.17) is 0 Å². The molecular formula is C16H18N2O. The molecule has 2 heterocycles. The molecule has 2 unspecified atom stereocenters. The molecule has 2 atom stereocenters. The second-order valence-corrected chi connectivity index (χ2v) is 5.67. The summed E-state index contributed by atoms with van der Waals surface area (Å²) in [6.45, 7) is 1.98. The molecule has 2 aliphatic rings. The molecule has 3 nitrogen and oxygen atoms in total. The van der Waals surface area contributed by atoms with Crippen LogP contribution in [0.5, 0.6) is 0 Å². The van der Waals surface area contributed by atoms with Gasteiger partial charge in [0.25, 0.3) is 0 Å². The third-order valence-electron chi connectivity index (χ3n) is 4.43. The van der Waals surface area contributed by atoms with Crippen molar-refractivity contribution in [3.63, 3.8) is 0 Å². The van der Waals surface area contributed by atoms with E-state index in [1.54, 1.807) is 0 Å². The van der Waals surface area contributed by atoms with Gasteiger partial charge in [-0.15, -0.1) is 0 Å². The number of ketones is 1. The van der Waals surface area contributed by atoms with Crippen LogP contribution in [0.2, 0.25) is 0 Å². The highest BCUT2D eigenvalue weighted by Gasteiger charge is 2.38. The highest BCUT2D eigenvalue weighted by atomic mass is 16.1. The van der Waals surface area contributed by atoms with Gasteiger partial charge in [-0.1, -0.05) is 12.1 Å². The van der Waals surface area contributed by atoms with Crippen LogP contribution in [0, 0.1) is 18.3 Å². The van der Waals surface area contributed by atoms with Crippen molar-refractivity contribution in [3.8, 4) is 6.07 Å². The number of nitriles is 1. The van der Waals surface area contributed by atoms with Crippen LogP contribution < -0.4 is 4.90 Å². The van der Waals surface area contributed by atoms with Gasteiger partial charge in [-0.2, -0.15) is 5.26 Å². The van der Waals surface area contributed by atoms with Crippen LogP contribution in [0.4, 0.5) is 5.69 Å². The fraction of sp³-hybridized carbons (Fsp3) is 0.500. The number of Topliss-reactive ketones (excluding diaryl/α,β-unsaturated/α-hetero) is 1. The van der Waals surface area contributed by atoms with Crippen molar-refractivity contribution in [2.75, 3.05) is 4.90 Å². The summed E-state index contributed by atoms with van der Waals surface area (Å²) < 4.78 is 0. The Morgan fingerprint density at radius 1 is 1.26 bits per heavy atom. The lowest BCUT2D eigenvalue weighted by atomic mass is 9.83. The number of aryl methyl sites for hydroxylation is 1. The first kappa shape index (κ1) is 12.2. The standard InChI is InChI=1S/C16H18N2O/c1-11-4-2-7-16(15(11)10-17)18-12-5-3-6-13(18)9-14(19)8-12/h2,4,7,12-13H,3,5-6,8-9H2,1H3. The van der Waals surface area contributed by atoms with Crippen LogP contribution in [0.3, 0.4) is 0 Å². The average molecular weight is 254 g/mol. The maximum Gasteiger partial charge on any atom is 0.137 e. The van der Waals surface area contributed by atoms with E-state index in [1.165, 1.54) is 6.42 Å². The molecule has 3 heteroatoms. The summed E-state index contributed by atoms with van der Waals surface area (Å²) in [5.41, 5.74) is 2.83. The van der Waals surface area contributed by atoms with Crippen LogP contribution in [-0.2, 0) is 4.79 Å². The largest absolute Gasteiger partial charge is 0.364 e. The monoisotopic (exact) mass is 254 g/mol. The topological polar surface area (TPSA) is 44.1 Å². The van der Waals surface area contributed by atoms with E-state index in [0.29, 0.717) is 30.7 Å². The smallest absolute Gasteiger partial charge is 0.137 e. The second kappa shape index (κ2) is 4.70. The van der Waals surface area contributed by atoms with E-state index in [9.17, 15) is 10.1 Å². The number of carbonyl (C=O) groups is 1. The number of hydrogen-bond acceptors (Lipinski definition) is 3. The maximum atomic E-state index is 11.8. The SMILES string of the molecule is Cc1cccc(N2C3CCCC2CC(=O)C3)c1C#N. The molecule has 0 aromatic heterocycles.